The summed E-state index contributed by atoms with van der Waals surface area (Å²) in [6, 6.07) is 17.0. The van der Waals surface area contributed by atoms with Crippen LogP contribution >= 0.6 is 0 Å². The molecule has 0 amide bonds. The van der Waals surface area contributed by atoms with E-state index in [1.54, 1.807) is 37.4 Å². The molecule has 0 fully saturated rings. The number of carbonyl (C=O) groups excluding carboxylic acids is 1. The first kappa shape index (κ1) is 23.7. The number of rotatable bonds is 9. The van der Waals surface area contributed by atoms with Crippen LogP contribution in [0.5, 0.6) is 28.7 Å². The van der Waals surface area contributed by atoms with Crippen LogP contribution in [0.4, 0.5) is 0 Å². The highest BCUT2D eigenvalue weighted by Crippen LogP contribution is 2.38. The van der Waals surface area contributed by atoms with Gasteiger partial charge in [0.2, 0.25) is 5.75 Å². The van der Waals surface area contributed by atoms with Crippen LogP contribution < -0.4 is 29.3 Å². The largest absolute Gasteiger partial charge is 0.497 e. The average molecular weight is 476 g/mol. The standard InChI is InChI=1S/C27H24O8/c1-30-18-7-5-16(6-8-18)21-14-26(29)35-23-13-19(9-10-20(21)23)34-15-22(28)17-11-24(31-2)27(33-4)25(12-17)32-3/h5-14H,15H2,1-4H3. The Labute approximate surface area is 201 Å². The minimum absolute atomic E-state index is 0.244. The molecule has 0 atom stereocenters. The lowest BCUT2D eigenvalue weighted by molar-refractivity contribution is 0.0920. The van der Waals surface area contributed by atoms with Gasteiger partial charge in [0.15, 0.2) is 23.9 Å². The van der Waals surface area contributed by atoms with Crippen LogP contribution in [0.1, 0.15) is 10.4 Å². The van der Waals surface area contributed by atoms with Crippen molar-refractivity contribution < 1.29 is 32.9 Å². The molecule has 0 radical (unpaired) electrons. The highest BCUT2D eigenvalue weighted by atomic mass is 16.5. The van der Waals surface area contributed by atoms with Crippen molar-refractivity contribution in [3.63, 3.8) is 0 Å². The van der Waals surface area contributed by atoms with Crippen molar-refractivity contribution in [2.45, 2.75) is 0 Å². The maximum atomic E-state index is 12.8. The summed E-state index contributed by atoms with van der Waals surface area (Å²) in [4.78, 5) is 25.0. The molecule has 1 heterocycles. The van der Waals surface area contributed by atoms with E-state index in [2.05, 4.69) is 0 Å². The highest BCUT2D eigenvalue weighted by molar-refractivity contribution is 5.98. The maximum absolute atomic E-state index is 12.8. The molecular weight excluding hydrogens is 452 g/mol. The zero-order valence-corrected chi connectivity index (χ0v) is 19.7. The Bertz CT molecular complexity index is 1390. The summed E-state index contributed by atoms with van der Waals surface area (Å²) in [7, 11) is 6.04. The van der Waals surface area contributed by atoms with Gasteiger partial charge < -0.3 is 28.1 Å². The first-order valence-corrected chi connectivity index (χ1v) is 10.7. The van der Waals surface area contributed by atoms with Crippen molar-refractivity contribution in [1.82, 2.24) is 0 Å². The topological polar surface area (TPSA) is 93.4 Å². The van der Waals surface area contributed by atoms with Crippen LogP contribution in [-0.4, -0.2) is 40.8 Å². The molecule has 8 nitrogen and oxygen atoms in total. The molecule has 8 heteroatoms. The molecule has 0 N–H and O–H groups in total. The maximum Gasteiger partial charge on any atom is 0.336 e. The van der Waals surface area contributed by atoms with Crippen LogP contribution in [0.15, 0.2) is 69.9 Å². The van der Waals surface area contributed by atoms with E-state index >= 15 is 0 Å². The lowest BCUT2D eigenvalue weighted by Gasteiger charge is -2.14. The Morgan fingerprint density at radius 1 is 0.771 bits per heavy atom. The summed E-state index contributed by atoms with van der Waals surface area (Å²) in [6.07, 6.45) is 0. The fourth-order valence-electron chi connectivity index (χ4n) is 3.72. The SMILES string of the molecule is COc1ccc(-c2cc(=O)oc3cc(OCC(=O)c4cc(OC)c(OC)c(OC)c4)ccc23)cc1. The lowest BCUT2D eigenvalue weighted by atomic mass is 10.0. The van der Waals surface area contributed by atoms with Gasteiger partial charge in [-0.15, -0.1) is 0 Å². The second-order valence-corrected chi connectivity index (χ2v) is 7.49. The quantitative estimate of drug-likeness (QED) is 0.252. The van der Waals surface area contributed by atoms with Crippen LogP contribution in [0.3, 0.4) is 0 Å². The van der Waals surface area contributed by atoms with E-state index in [-0.39, 0.29) is 12.4 Å². The van der Waals surface area contributed by atoms with Gasteiger partial charge in [-0.05, 0) is 47.5 Å². The highest BCUT2D eigenvalue weighted by Gasteiger charge is 2.18. The molecule has 0 unspecified atom stereocenters. The summed E-state index contributed by atoms with van der Waals surface area (Å²) in [5.74, 6) is 1.94. The lowest BCUT2D eigenvalue weighted by Crippen LogP contribution is -2.12. The van der Waals surface area contributed by atoms with E-state index in [0.29, 0.717) is 39.9 Å². The van der Waals surface area contributed by atoms with E-state index in [0.717, 1.165) is 16.5 Å². The third-order valence-corrected chi connectivity index (χ3v) is 5.47. The summed E-state index contributed by atoms with van der Waals surface area (Å²) in [5, 5.41) is 0.734. The van der Waals surface area contributed by atoms with Crippen LogP contribution in [0.2, 0.25) is 0 Å². The van der Waals surface area contributed by atoms with Gasteiger partial charge in [-0.25, -0.2) is 4.79 Å². The van der Waals surface area contributed by atoms with Crippen molar-refractivity contribution in [2.24, 2.45) is 0 Å². The number of benzene rings is 3. The van der Waals surface area contributed by atoms with Gasteiger partial charge >= 0.3 is 5.63 Å². The summed E-state index contributed by atoms with van der Waals surface area (Å²) >= 11 is 0. The second kappa shape index (κ2) is 10.2. The minimum Gasteiger partial charge on any atom is -0.497 e. The zero-order chi connectivity index (χ0) is 24.9. The van der Waals surface area contributed by atoms with Gasteiger partial charge in [0.25, 0.3) is 0 Å². The van der Waals surface area contributed by atoms with Gasteiger partial charge in [0.1, 0.15) is 17.1 Å². The molecule has 0 saturated heterocycles. The van der Waals surface area contributed by atoms with Gasteiger partial charge in [-0.3, -0.25) is 4.79 Å². The molecule has 1 aromatic heterocycles. The summed E-state index contributed by atoms with van der Waals surface area (Å²) in [6.45, 7) is -0.244. The number of fused-ring (bicyclic) bond motifs is 1. The molecule has 0 bridgehead atoms. The predicted molar refractivity (Wildman–Crippen MR) is 130 cm³/mol. The fraction of sp³-hybridized carbons (Fsp3) is 0.185. The molecule has 3 aromatic carbocycles. The van der Waals surface area contributed by atoms with Crippen molar-refractivity contribution in [1.29, 1.82) is 0 Å². The van der Waals surface area contributed by atoms with Gasteiger partial charge in [-0.1, -0.05) is 12.1 Å². The third kappa shape index (κ3) is 4.91. The predicted octanol–water partition coefficient (Wildman–Crippen LogP) is 4.76. The van der Waals surface area contributed by atoms with Gasteiger partial charge in [0, 0.05) is 23.1 Å². The van der Waals surface area contributed by atoms with E-state index in [1.807, 2.05) is 24.3 Å². The fourth-order valence-corrected chi connectivity index (χ4v) is 3.72. The van der Waals surface area contributed by atoms with Crippen LogP contribution in [0, 0.1) is 0 Å². The average Bonchev–Trinajstić information content (AvgIpc) is 2.90. The third-order valence-electron chi connectivity index (χ3n) is 5.47. The monoisotopic (exact) mass is 476 g/mol. The molecular formula is C27H24O8. The number of methoxy groups -OCH3 is 4. The molecule has 180 valence electrons. The Morgan fingerprint density at radius 3 is 2.03 bits per heavy atom. The molecule has 0 saturated carbocycles. The Hall–Kier alpha value is -4.46. The van der Waals surface area contributed by atoms with E-state index < -0.39 is 5.63 Å². The van der Waals surface area contributed by atoms with E-state index in [9.17, 15) is 9.59 Å². The van der Waals surface area contributed by atoms with Crippen LogP contribution in [-0.2, 0) is 0 Å². The molecule has 4 rings (SSSR count). The van der Waals surface area contributed by atoms with Crippen LogP contribution in [0.25, 0.3) is 22.1 Å². The molecule has 0 aliphatic heterocycles. The van der Waals surface area contributed by atoms with E-state index in [4.69, 9.17) is 28.1 Å². The Balaban J connectivity index is 1.59. The number of hydrogen-bond donors (Lipinski definition) is 0. The molecule has 4 aromatic rings. The first-order chi connectivity index (χ1) is 17.0. The number of carbonyl (C=O) groups is 1. The molecule has 0 aliphatic carbocycles. The molecule has 35 heavy (non-hydrogen) atoms. The number of hydrogen-bond acceptors (Lipinski definition) is 8. The Kier molecular flexibility index (Phi) is 6.91. The second-order valence-electron chi connectivity index (χ2n) is 7.49. The smallest absolute Gasteiger partial charge is 0.336 e. The Morgan fingerprint density at radius 2 is 1.43 bits per heavy atom. The van der Waals surface area contributed by atoms with Gasteiger partial charge in [0.05, 0.1) is 28.4 Å². The minimum atomic E-state index is -0.492. The number of ether oxygens (including phenoxy) is 5. The number of ketones is 1. The van der Waals surface area contributed by atoms with Crippen molar-refractivity contribution in [3.8, 4) is 39.9 Å². The summed E-state index contributed by atoms with van der Waals surface area (Å²) in [5.41, 5.74) is 1.76. The van der Waals surface area contributed by atoms with Crippen molar-refractivity contribution in [3.05, 3.63) is 76.6 Å². The normalized spacial score (nSPS) is 10.6. The van der Waals surface area contributed by atoms with Crippen molar-refractivity contribution >= 4 is 16.8 Å². The molecule has 0 spiro atoms. The molecule has 0 aliphatic rings. The number of Topliss-reactive ketones (excluding diaryl/α,β-unsaturated/α-hetero) is 1. The summed E-state index contributed by atoms with van der Waals surface area (Å²) < 4.78 is 32.2. The zero-order valence-electron chi connectivity index (χ0n) is 19.7. The van der Waals surface area contributed by atoms with E-state index in [1.165, 1.54) is 27.4 Å². The van der Waals surface area contributed by atoms with Gasteiger partial charge in [-0.2, -0.15) is 0 Å². The van der Waals surface area contributed by atoms with Crippen molar-refractivity contribution in [2.75, 3.05) is 35.0 Å². The first-order valence-electron chi connectivity index (χ1n) is 10.7.